The molecule has 0 unspecified atom stereocenters. The van der Waals surface area contributed by atoms with Gasteiger partial charge in [0.05, 0.1) is 11.2 Å². The summed E-state index contributed by atoms with van der Waals surface area (Å²) < 4.78 is 6.15. The third-order valence-corrected chi connectivity index (χ3v) is 6.02. The Morgan fingerprint density at radius 2 is 1.09 bits per heavy atom. The lowest BCUT2D eigenvalue weighted by atomic mass is 9.80. The summed E-state index contributed by atoms with van der Waals surface area (Å²) in [6, 6.07) is 27.8. The Kier molecular flexibility index (Phi) is 6.41. The van der Waals surface area contributed by atoms with Crippen molar-refractivity contribution in [3.63, 3.8) is 0 Å². The van der Waals surface area contributed by atoms with Crippen molar-refractivity contribution in [2.45, 2.75) is 38.9 Å². The molecule has 0 fully saturated rings. The van der Waals surface area contributed by atoms with E-state index in [1.165, 1.54) is 0 Å². The Labute approximate surface area is 195 Å². The number of aromatic nitrogens is 3. The molecule has 0 bridgehead atoms. The number of rotatable bonds is 7. The standard InChI is InChI=1S/C27H28BN3O2/c1-26(2,32)27(3,4)33-28-22-18-12-11-17-21(22)25-30-23(19-13-7-5-8-14-19)29-24(31-25)20-15-9-6-10-16-20/h5-18,28,32H,1-4H3. The summed E-state index contributed by atoms with van der Waals surface area (Å²) >= 11 is 0. The van der Waals surface area contributed by atoms with Crippen LogP contribution >= 0.6 is 0 Å². The fraction of sp³-hybridized carbons (Fsp3) is 0.222. The first-order valence-electron chi connectivity index (χ1n) is 11.1. The van der Waals surface area contributed by atoms with E-state index in [0.717, 1.165) is 22.2 Å². The molecule has 0 saturated heterocycles. The predicted octanol–water partition coefficient (Wildman–Crippen LogP) is 4.42. The van der Waals surface area contributed by atoms with E-state index in [1.807, 2.05) is 98.8 Å². The van der Waals surface area contributed by atoms with Crippen molar-refractivity contribution >= 4 is 12.9 Å². The minimum Gasteiger partial charge on any atom is -0.427 e. The van der Waals surface area contributed by atoms with Gasteiger partial charge in [-0.25, -0.2) is 15.0 Å². The van der Waals surface area contributed by atoms with Crippen LogP contribution in [0.1, 0.15) is 27.7 Å². The van der Waals surface area contributed by atoms with Crippen molar-refractivity contribution in [2.75, 3.05) is 0 Å². The van der Waals surface area contributed by atoms with Gasteiger partial charge in [0.25, 0.3) is 0 Å². The molecule has 33 heavy (non-hydrogen) atoms. The zero-order valence-corrected chi connectivity index (χ0v) is 19.5. The van der Waals surface area contributed by atoms with Crippen LogP contribution in [-0.4, -0.2) is 38.7 Å². The van der Waals surface area contributed by atoms with Gasteiger partial charge in [-0.15, -0.1) is 0 Å². The Bertz CT molecular complexity index is 1170. The molecule has 4 aromatic rings. The van der Waals surface area contributed by atoms with E-state index in [0.29, 0.717) is 25.0 Å². The average molecular weight is 437 g/mol. The van der Waals surface area contributed by atoms with Gasteiger partial charge in [0, 0.05) is 16.7 Å². The van der Waals surface area contributed by atoms with Gasteiger partial charge < -0.3 is 9.76 Å². The van der Waals surface area contributed by atoms with E-state index in [2.05, 4.69) is 0 Å². The topological polar surface area (TPSA) is 68.1 Å². The van der Waals surface area contributed by atoms with Gasteiger partial charge >= 0.3 is 7.48 Å². The van der Waals surface area contributed by atoms with Crippen molar-refractivity contribution < 1.29 is 9.76 Å². The Hall–Kier alpha value is -3.35. The van der Waals surface area contributed by atoms with E-state index in [4.69, 9.17) is 19.6 Å². The number of hydrogen-bond donors (Lipinski definition) is 1. The number of nitrogens with zero attached hydrogens (tertiary/aromatic N) is 3. The quantitative estimate of drug-likeness (QED) is 0.434. The molecule has 1 N–H and O–H groups in total. The lowest BCUT2D eigenvalue weighted by Crippen LogP contribution is -2.49. The molecule has 4 rings (SSSR count). The van der Waals surface area contributed by atoms with Gasteiger partial charge in [0.1, 0.15) is 0 Å². The molecule has 5 nitrogen and oxygen atoms in total. The van der Waals surface area contributed by atoms with Crippen molar-refractivity contribution in [1.29, 1.82) is 0 Å². The zero-order chi connectivity index (χ0) is 23.5. The average Bonchev–Trinajstić information content (AvgIpc) is 2.83. The van der Waals surface area contributed by atoms with Gasteiger partial charge in [0.2, 0.25) is 0 Å². The normalized spacial score (nSPS) is 11.9. The van der Waals surface area contributed by atoms with Crippen molar-refractivity contribution in [3.8, 4) is 34.2 Å². The van der Waals surface area contributed by atoms with E-state index in [1.54, 1.807) is 13.8 Å². The maximum atomic E-state index is 10.5. The molecule has 0 aliphatic heterocycles. The highest BCUT2D eigenvalue weighted by molar-refractivity contribution is 6.49. The SMILES string of the molecule is CC(C)(O)C(C)(C)OBc1ccccc1-c1nc(-c2ccccc2)nc(-c2ccccc2)n1. The largest absolute Gasteiger partial charge is 0.427 e. The highest BCUT2D eigenvalue weighted by atomic mass is 16.5. The number of benzene rings is 3. The van der Waals surface area contributed by atoms with E-state index >= 15 is 0 Å². The van der Waals surface area contributed by atoms with Gasteiger partial charge in [-0.2, -0.15) is 0 Å². The van der Waals surface area contributed by atoms with Gasteiger partial charge in [-0.05, 0) is 33.2 Å². The van der Waals surface area contributed by atoms with Crippen molar-refractivity contribution in [1.82, 2.24) is 15.0 Å². The fourth-order valence-corrected chi connectivity index (χ4v) is 3.23. The van der Waals surface area contributed by atoms with Crippen LogP contribution in [0, 0.1) is 0 Å². The highest BCUT2D eigenvalue weighted by Crippen LogP contribution is 2.26. The van der Waals surface area contributed by atoms with Crippen LogP contribution in [0.4, 0.5) is 0 Å². The maximum Gasteiger partial charge on any atom is 0.310 e. The smallest absolute Gasteiger partial charge is 0.310 e. The molecule has 6 heteroatoms. The third-order valence-electron chi connectivity index (χ3n) is 6.02. The highest BCUT2D eigenvalue weighted by Gasteiger charge is 2.35. The van der Waals surface area contributed by atoms with Crippen LogP contribution in [0.15, 0.2) is 84.9 Å². The molecule has 0 amide bonds. The maximum absolute atomic E-state index is 10.5. The van der Waals surface area contributed by atoms with Crippen LogP contribution < -0.4 is 5.46 Å². The number of hydrogen-bond acceptors (Lipinski definition) is 5. The summed E-state index contributed by atoms with van der Waals surface area (Å²) in [5.74, 6) is 1.82. The molecule has 166 valence electrons. The molecule has 0 saturated carbocycles. The Morgan fingerprint density at radius 3 is 1.61 bits per heavy atom. The summed E-state index contributed by atoms with van der Waals surface area (Å²) in [6.45, 7) is 7.28. The summed E-state index contributed by atoms with van der Waals surface area (Å²) in [5, 5.41) is 10.5. The van der Waals surface area contributed by atoms with Gasteiger partial charge in [0.15, 0.2) is 17.5 Å². The minimum atomic E-state index is -0.990. The van der Waals surface area contributed by atoms with E-state index in [-0.39, 0.29) is 0 Å². The second-order valence-corrected chi connectivity index (χ2v) is 9.05. The lowest BCUT2D eigenvalue weighted by molar-refractivity contribution is -0.0893. The van der Waals surface area contributed by atoms with Crippen LogP contribution in [0.3, 0.4) is 0 Å². The van der Waals surface area contributed by atoms with Crippen LogP contribution in [-0.2, 0) is 4.65 Å². The second kappa shape index (κ2) is 9.26. The summed E-state index contributed by atoms with van der Waals surface area (Å²) in [4.78, 5) is 14.4. The molecule has 0 atom stereocenters. The molecule has 0 aliphatic rings. The first-order valence-corrected chi connectivity index (χ1v) is 11.1. The van der Waals surface area contributed by atoms with Crippen molar-refractivity contribution in [3.05, 3.63) is 84.9 Å². The first-order chi connectivity index (χ1) is 15.7. The van der Waals surface area contributed by atoms with Crippen LogP contribution in [0.2, 0.25) is 0 Å². The molecule has 0 spiro atoms. The molecule has 3 aromatic carbocycles. The van der Waals surface area contributed by atoms with E-state index in [9.17, 15) is 5.11 Å². The minimum absolute atomic E-state index is 0.320. The monoisotopic (exact) mass is 437 g/mol. The number of aliphatic hydroxyl groups is 1. The van der Waals surface area contributed by atoms with E-state index < -0.39 is 11.2 Å². The lowest BCUT2D eigenvalue weighted by Gasteiger charge is -2.37. The molecule has 0 radical (unpaired) electrons. The summed E-state index contributed by atoms with van der Waals surface area (Å²) in [6.07, 6.45) is 0. The predicted molar refractivity (Wildman–Crippen MR) is 134 cm³/mol. The molecular weight excluding hydrogens is 409 g/mol. The molecular formula is C27H28BN3O2. The molecule has 1 aromatic heterocycles. The fourth-order valence-electron chi connectivity index (χ4n) is 3.23. The molecule has 1 heterocycles. The molecule has 0 aliphatic carbocycles. The summed E-state index contributed by atoms with van der Waals surface area (Å²) in [5.41, 5.74) is 1.95. The summed E-state index contributed by atoms with van der Waals surface area (Å²) in [7, 11) is 0.320. The first kappa shape index (κ1) is 22.8. The third kappa shape index (κ3) is 5.19. The van der Waals surface area contributed by atoms with Gasteiger partial charge in [-0.1, -0.05) is 84.9 Å². The van der Waals surface area contributed by atoms with Crippen molar-refractivity contribution in [2.24, 2.45) is 0 Å². The Morgan fingerprint density at radius 1 is 0.636 bits per heavy atom. The van der Waals surface area contributed by atoms with Gasteiger partial charge in [-0.3, -0.25) is 0 Å². The zero-order valence-electron chi connectivity index (χ0n) is 19.5. The Balaban J connectivity index is 1.79. The van der Waals surface area contributed by atoms with Crippen LogP contribution in [0.25, 0.3) is 34.2 Å². The van der Waals surface area contributed by atoms with Crippen LogP contribution in [0.5, 0.6) is 0 Å². The second-order valence-electron chi connectivity index (χ2n) is 9.05.